The van der Waals surface area contributed by atoms with E-state index in [4.69, 9.17) is 5.73 Å². The maximum Gasteiger partial charge on any atom is 0.00104 e. The number of rotatable bonds is 7. The first-order valence-electron chi connectivity index (χ1n) is 5.03. The molecule has 1 heteroatoms. The fraction of sp³-hybridized carbons (Fsp3) is 1.00. The van der Waals surface area contributed by atoms with Gasteiger partial charge >= 0.3 is 0 Å². The van der Waals surface area contributed by atoms with Crippen molar-refractivity contribution in [3.8, 4) is 0 Å². The zero-order valence-corrected chi connectivity index (χ0v) is 8.10. The molecule has 1 atom stereocenters. The van der Waals surface area contributed by atoms with Crippen LogP contribution in [0.5, 0.6) is 0 Å². The molecular formula is C10H23N. The number of unbranched alkanes of at least 4 members (excludes halogenated alkanes) is 5. The van der Waals surface area contributed by atoms with Gasteiger partial charge in [-0.3, -0.25) is 0 Å². The highest BCUT2D eigenvalue weighted by Gasteiger charge is 1.93. The Morgan fingerprint density at radius 2 is 1.55 bits per heavy atom. The van der Waals surface area contributed by atoms with E-state index in [0.717, 1.165) is 0 Å². The molecule has 0 aliphatic carbocycles. The molecule has 0 saturated carbocycles. The van der Waals surface area contributed by atoms with Gasteiger partial charge in [0.15, 0.2) is 0 Å². The molecule has 0 aromatic carbocycles. The second-order valence-electron chi connectivity index (χ2n) is 3.53. The summed E-state index contributed by atoms with van der Waals surface area (Å²) in [6.45, 7) is 4.34. The Balaban J connectivity index is 2.80. The smallest absolute Gasteiger partial charge is 0.00104 e. The van der Waals surface area contributed by atoms with Gasteiger partial charge < -0.3 is 5.73 Å². The normalized spacial score (nSPS) is 13.4. The van der Waals surface area contributed by atoms with Crippen molar-refractivity contribution in [2.45, 2.75) is 64.8 Å². The molecule has 0 unspecified atom stereocenters. The molecule has 0 spiro atoms. The van der Waals surface area contributed by atoms with E-state index < -0.39 is 0 Å². The molecule has 0 aliphatic rings. The molecule has 0 saturated heterocycles. The van der Waals surface area contributed by atoms with Crippen LogP contribution in [0.3, 0.4) is 0 Å². The van der Waals surface area contributed by atoms with Crippen molar-refractivity contribution in [2.24, 2.45) is 5.73 Å². The molecule has 0 radical (unpaired) electrons. The minimum Gasteiger partial charge on any atom is -0.328 e. The molecule has 0 amide bonds. The lowest BCUT2D eigenvalue weighted by Crippen LogP contribution is -2.13. The zero-order valence-electron chi connectivity index (χ0n) is 8.10. The molecule has 0 heterocycles. The lowest BCUT2D eigenvalue weighted by atomic mass is 10.1. The molecule has 2 N–H and O–H groups in total. The summed E-state index contributed by atoms with van der Waals surface area (Å²) in [6.07, 6.45) is 9.45. The monoisotopic (exact) mass is 157 g/mol. The molecule has 0 bridgehead atoms. The Bertz CT molecular complexity index is 69.3. The van der Waals surface area contributed by atoms with Crippen LogP contribution in [0.15, 0.2) is 0 Å². The SMILES string of the molecule is CCCCCCCC[C@H](C)N. The molecule has 1 nitrogen and oxygen atoms in total. The van der Waals surface area contributed by atoms with Crippen molar-refractivity contribution >= 4 is 0 Å². The summed E-state index contributed by atoms with van der Waals surface area (Å²) in [4.78, 5) is 0. The first kappa shape index (κ1) is 11.0. The highest BCUT2D eigenvalue weighted by Crippen LogP contribution is 2.07. The minimum absolute atomic E-state index is 0.404. The Morgan fingerprint density at radius 1 is 1.00 bits per heavy atom. The van der Waals surface area contributed by atoms with E-state index in [1.807, 2.05) is 0 Å². The molecule has 0 aromatic heterocycles. The predicted molar refractivity (Wildman–Crippen MR) is 51.6 cm³/mol. The molecular weight excluding hydrogens is 134 g/mol. The molecule has 68 valence electrons. The van der Waals surface area contributed by atoms with E-state index in [-0.39, 0.29) is 0 Å². The number of nitrogens with two attached hydrogens (primary N) is 1. The van der Waals surface area contributed by atoms with Crippen molar-refractivity contribution in [3.63, 3.8) is 0 Å². The quantitative estimate of drug-likeness (QED) is 0.565. The first-order chi connectivity index (χ1) is 5.27. The van der Waals surface area contributed by atoms with Crippen LogP contribution in [0, 0.1) is 0 Å². The third kappa shape index (κ3) is 9.96. The van der Waals surface area contributed by atoms with Crippen molar-refractivity contribution in [1.82, 2.24) is 0 Å². The fourth-order valence-electron chi connectivity index (χ4n) is 1.25. The van der Waals surface area contributed by atoms with Crippen LogP contribution in [-0.2, 0) is 0 Å². The van der Waals surface area contributed by atoms with Gasteiger partial charge in [-0.05, 0) is 13.3 Å². The largest absolute Gasteiger partial charge is 0.328 e. The van der Waals surface area contributed by atoms with E-state index in [1.165, 1.54) is 44.9 Å². The number of hydrogen-bond acceptors (Lipinski definition) is 1. The van der Waals surface area contributed by atoms with Crippen LogP contribution in [0.2, 0.25) is 0 Å². The Labute approximate surface area is 71.4 Å². The van der Waals surface area contributed by atoms with Crippen LogP contribution in [0.25, 0.3) is 0 Å². The molecule has 0 rings (SSSR count). The molecule has 0 fully saturated rings. The fourth-order valence-corrected chi connectivity index (χ4v) is 1.25. The minimum atomic E-state index is 0.404. The van der Waals surface area contributed by atoms with E-state index >= 15 is 0 Å². The van der Waals surface area contributed by atoms with Gasteiger partial charge in [0, 0.05) is 6.04 Å². The Kier molecular flexibility index (Phi) is 8.03. The van der Waals surface area contributed by atoms with Crippen molar-refractivity contribution in [2.75, 3.05) is 0 Å². The summed E-state index contributed by atoms with van der Waals surface area (Å²) >= 11 is 0. The summed E-state index contributed by atoms with van der Waals surface area (Å²) in [5.41, 5.74) is 5.63. The van der Waals surface area contributed by atoms with Gasteiger partial charge in [-0.15, -0.1) is 0 Å². The topological polar surface area (TPSA) is 26.0 Å². The molecule has 0 aliphatic heterocycles. The highest BCUT2D eigenvalue weighted by molar-refractivity contribution is 4.53. The molecule has 0 aromatic rings. The summed E-state index contributed by atoms with van der Waals surface area (Å²) < 4.78 is 0. The van der Waals surface area contributed by atoms with Crippen molar-refractivity contribution in [3.05, 3.63) is 0 Å². The first-order valence-corrected chi connectivity index (χ1v) is 5.03. The van der Waals surface area contributed by atoms with Gasteiger partial charge in [0.2, 0.25) is 0 Å². The van der Waals surface area contributed by atoms with E-state index in [9.17, 15) is 0 Å². The third-order valence-corrected chi connectivity index (χ3v) is 2.01. The molecule has 11 heavy (non-hydrogen) atoms. The van der Waals surface area contributed by atoms with E-state index in [2.05, 4.69) is 13.8 Å². The lowest BCUT2D eigenvalue weighted by Gasteiger charge is -2.03. The van der Waals surface area contributed by atoms with Crippen molar-refractivity contribution in [1.29, 1.82) is 0 Å². The van der Waals surface area contributed by atoms with Crippen LogP contribution in [0.4, 0.5) is 0 Å². The van der Waals surface area contributed by atoms with Crippen molar-refractivity contribution < 1.29 is 0 Å². The second-order valence-corrected chi connectivity index (χ2v) is 3.53. The van der Waals surface area contributed by atoms with Crippen LogP contribution < -0.4 is 5.73 Å². The third-order valence-electron chi connectivity index (χ3n) is 2.01. The average molecular weight is 157 g/mol. The van der Waals surface area contributed by atoms with Gasteiger partial charge in [0.25, 0.3) is 0 Å². The lowest BCUT2D eigenvalue weighted by molar-refractivity contribution is 0.554. The van der Waals surface area contributed by atoms with Gasteiger partial charge in [-0.2, -0.15) is 0 Å². The maximum atomic E-state index is 5.63. The van der Waals surface area contributed by atoms with Gasteiger partial charge in [0.05, 0.1) is 0 Å². The van der Waals surface area contributed by atoms with Crippen LogP contribution in [-0.4, -0.2) is 6.04 Å². The Morgan fingerprint density at radius 3 is 2.09 bits per heavy atom. The number of hydrogen-bond donors (Lipinski definition) is 1. The average Bonchev–Trinajstić information content (AvgIpc) is 1.96. The van der Waals surface area contributed by atoms with Gasteiger partial charge in [-0.1, -0.05) is 45.4 Å². The highest BCUT2D eigenvalue weighted by atomic mass is 14.6. The van der Waals surface area contributed by atoms with E-state index in [1.54, 1.807) is 0 Å². The Hall–Kier alpha value is -0.0400. The van der Waals surface area contributed by atoms with Crippen LogP contribution >= 0.6 is 0 Å². The summed E-state index contributed by atoms with van der Waals surface area (Å²) in [6, 6.07) is 0.404. The second kappa shape index (κ2) is 8.06. The van der Waals surface area contributed by atoms with E-state index in [0.29, 0.717) is 6.04 Å². The summed E-state index contributed by atoms with van der Waals surface area (Å²) in [7, 11) is 0. The maximum absolute atomic E-state index is 5.63. The van der Waals surface area contributed by atoms with Gasteiger partial charge in [0.1, 0.15) is 0 Å². The zero-order chi connectivity index (χ0) is 8.53. The summed E-state index contributed by atoms with van der Waals surface area (Å²) in [5, 5.41) is 0. The van der Waals surface area contributed by atoms with Crippen LogP contribution in [0.1, 0.15) is 58.8 Å². The summed E-state index contributed by atoms with van der Waals surface area (Å²) in [5.74, 6) is 0. The predicted octanol–water partition coefficient (Wildman–Crippen LogP) is 3.08. The standard InChI is InChI=1S/C10H23N/c1-3-4-5-6-7-8-9-10(2)11/h10H,3-9,11H2,1-2H3/t10-/m0/s1. The van der Waals surface area contributed by atoms with Gasteiger partial charge in [-0.25, -0.2) is 0 Å².